The molecule has 10 nitrogen and oxygen atoms in total. The van der Waals surface area contributed by atoms with Gasteiger partial charge in [-0.15, -0.1) is 5.10 Å². The third-order valence-corrected chi connectivity index (χ3v) is 4.68. The molecule has 0 saturated heterocycles. The molecule has 0 aliphatic heterocycles. The van der Waals surface area contributed by atoms with Crippen LogP contribution in [0.15, 0.2) is 42.6 Å². The minimum atomic E-state index is -0.697. The zero-order valence-corrected chi connectivity index (χ0v) is 19.7. The van der Waals surface area contributed by atoms with Crippen LogP contribution < -0.4 is 10.6 Å². The van der Waals surface area contributed by atoms with Gasteiger partial charge < -0.3 is 9.47 Å². The number of carbonyl (C=O) groups is 2. The summed E-state index contributed by atoms with van der Waals surface area (Å²) in [6.45, 7) is 7.06. The Morgan fingerprint density at radius 3 is 2.42 bits per heavy atom. The molecule has 0 aliphatic carbocycles. The van der Waals surface area contributed by atoms with Gasteiger partial charge in [0.15, 0.2) is 5.82 Å². The molecule has 0 aliphatic rings. The number of nitrogens with one attached hydrogen (secondary N) is 2. The number of hydrogen-bond acceptors (Lipinski definition) is 7. The lowest BCUT2D eigenvalue weighted by Crippen LogP contribution is -2.27. The van der Waals surface area contributed by atoms with E-state index in [4.69, 9.17) is 21.1 Å². The van der Waals surface area contributed by atoms with Crippen molar-refractivity contribution < 1.29 is 19.1 Å². The average molecular weight is 473 g/mol. The Morgan fingerprint density at radius 1 is 1.09 bits per heavy atom. The van der Waals surface area contributed by atoms with Crippen molar-refractivity contribution in [1.29, 1.82) is 0 Å². The molecular weight excluding hydrogens is 448 g/mol. The average Bonchev–Trinajstić information content (AvgIpc) is 3.07. The molecule has 33 heavy (non-hydrogen) atoms. The van der Waals surface area contributed by atoms with Gasteiger partial charge in [-0.2, -0.15) is 0 Å². The van der Waals surface area contributed by atoms with E-state index in [1.165, 1.54) is 4.68 Å². The Morgan fingerprint density at radius 2 is 1.79 bits per heavy atom. The van der Waals surface area contributed by atoms with Crippen molar-refractivity contribution in [3.8, 4) is 11.3 Å². The van der Waals surface area contributed by atoms with Crippen LogP contribution in [0.1, 0.15) is 39.4 Å². The standard InChI is InChI=1S/C22H25ClN6O4/c1-13(16-7-6-12-24-18(16)23)32-20(30)26-19-17(27-28-29(19)5)14-8-10-15(11-9-14)25-21(31)33-22(2,3)4/h6-13H,1-5H3,(H,25,31)(H,26,30)/t13-/m1/s1. The van der Waals surface area contributed by atoms with E-state index in [1.807, 2.05) is 0 Å². The summed E-state index contributed by atoms with van der Waals surface area (Å²) in [5.41, 5.74) is 1.65. The zero-order chi connectivity index (χ0) is 24.2. The number of benzene rings is 1. The van der Waals surface area contributed by atoms with Crippen LogP contribution in [0.5, 0.6) is 0 Å². The molecule has 1 atom stereocenters. The molecule has 2 aromatic heterocycles. The van der Waals surface area contributed by atoms with Crippen molar-refractivity contribution in [2.45, 2.75) is 39.4 Å². The first kappa shape index (κ1) is 24.0. The zero-order valence-electron chi connectivity index (χ0n) is 18.9. The number of anilines is 2. The lowest BCUT2D eigenvalue weighted by Gasteiger charge is -2.19. The van der Waals surface area contributed by atoms with Gasteiger partial charge in [-0.05, 0) is 45.9 Å². The molecule has 2 amide bonds. The predicted octanol–water partition coefficient (Wildman–Crippen LogP) is 5.19. The molecule has 0 saturated carbocycles. The maximum absolute atomic E-state index is 12.5. The second kappa shape index (κ2) is 9.86. The maximum atomic E-state index is 12.5. The van der Waals surface area contributed by atoms with Crippen molar-refractivity contribution >= 4 is 35.3 Å². The van der Waals surface area contributed by atoms with Gasteiger partial charge in [0.25, 0.3) is 0 Å². The normalized spacial score (nSPS) is 12.1. The largest absolute Gasteiger partial charge is 0.444 e. The van der Waals surface area contributed by atoms with Crippen LogP contribution in [-0.2, 0) is 16.5 Å². The van der Waals surface area contributed by atoms with Crippen molar-refractivity contribution in [1.82, 2.24) is 20.0 Å². The third kappa shape index (κ3) is 6.42. The van der Waals surface area contributed by atoms with Crippen molar-refractivity contribution in [3.63, 3.8) is 0 Å². The van der Waals surface area contributed by atoms with Gasteiger partial charge in [0.05, 0.1) is 0 Å². The number of carbonyl (C=O) groups excluding carboxylic acids is 2. The molecule has 2 heterocycles. The van der Waals surface area contributed by atoms with Crippen LogP contribution in [0.3, 0.4) is 0 Å². The highest BCUT2D eigenvalue weighted by molar-refractivity contribution is 6.30. The van der Waals surface area contributed by atoms with Crippen molar-refractivity contribution in [2.75, 3.05) is 10.6 Å². The predicted molar refractivity (Wildman–Crippen MR) is 124 cm³/mol. The molecule has 1 aromatic carbocycles. The number of amides is 2. The van der Waals surface area contributed by atoms with Gasteiger partial charge in [-0.1, -0.05) is 35.0 Å². The molecule has 174 valence electrons. The Balaban J connectivity index is 1.70. The van der Waals surface area contributed by atoms with E-state index in [0.717, 1.165) is 0 Å². The maximum Gasteiger partial charge on any atom is 0.413 e. The fraction of sp³-hybridized carbons (Fsp3) is 0.318. The summed E-state index contributed by atoms with van der Waals surface area (Å²) in [6, 6.07) is 10.3. The van der Waals surface area contributed by atoms with Crippen LogP contribution in [0.4, 0.5) is 21.1 Å². The van der Waals surface area contributed by atoms with Gasteiger partial charge in [0.1, 0.15) is 22.6 Å². The number of pyridine rings is 1. The lowest BCUT2D eigenvalue weighted by atomic mass is 10.1. The molecule has 0 spiro atoms. The molecule has 2 N–H and O–H groups in total. The summed E-state index contributed by atoms with van der Waals surface area (Å²) < 4.78 is 12.1. The van der Waals surface area contributed by atoms with E-state index in [0.29, 0.717) is 28.3 Å². The second-order valence-electron chi connectivity index (χ2n) is 8.17. The second-order valence-corrected chi connectivity index (χ2v) is 8.53. The van der Waals surface area contributed by atoms with Gasteiger partial charge in [-0.3, -0.25) is 10.6 Å². The number of aryl methyl sites for hydroxylation is 1. The summed E-state index contributed by atoms with van der Waals surface area (Å²) >= 11 is 6.07. The Bertz CT molecular complexity index is 1140. The summed E-state index contributed by atoms with van der Waals surface area (Å²) in [5, 5.41) is 13.7. The number of aromatic nitrogens is 4. The Labute approximate surface area is 196 Å². The summed E-state index contributed by atoms with van der Waals surface area (Å²) in [4.78, 5) is 28.4. The minimum absolute atomic E-state index is 0.265. The van der Waals surface area contributed by atoms with E-state index in [9.17, 15) is 9.59 Å². The molecule has 11 heteroatoms. The summed E-state index contributed by atoms with van der Waals surface area (Å²) in [7, 11) is 1.64. The molecule has 0 bridgehead atoms. The van der Waals surface area contributed by atoms with E-state index in [2.05, 4.69) is 25.9 Å². The number of halogens is 1. The first-order valence-electron chi connectivity index (χ1n) is 10.1. The highest BCUT2D eigenvalue weighted by Crippen LogP contribution is 2.28. The van der Waals surface area contributed by atoms with E-state index in [1.54, 1.807) is 77.3 Å². The minimum Gasteiger partial charge on any atom is -0.444 e. The highest BCUT2D eigenvalue weighted by Gasteiger charge is 2.20. The number of hydrogen-bond donors (Lipinski definition) is 2. The quantitative estimate of drug-likeness (QED) is 0.490. The first-order chi connectivity index (χ1) is 15.5. The molecule has 3 aromatic rings. The molecule has 0 radical (unpaired) electrons. The Hall–Kier alpha value is -3.66. The topological polar surface area (TPSA) is 120 Å². The van der Waals surface area contributed by atoms with Crippen LogP contribution in [0, 0.1) is 0 Å². The number of rotatable bonds is 5. The number of ether oxygens (including phenoxy) is 2. The lowest BCUT2D eigenvalue weighted by molar-refractivity contribution is 0.0636. The molecule has 0 fully saturated rings. The monoisotopic (exact) mass is 472 g/mol. The van der Waals surface area contributed by atoms with Crippen LogP contribution in [-0.4, -0.2) is 37.8 Å². The highest BCUT2D eigenvalue weighted by atomic mass is 35.5. The van der Waals surface area contributed by atoms with E-state index >= 15 is 0 Å². The molecule has 3 rings (SSSR count). The van der Waals surface area contributed by atoms with Gasteiger partial charge in [-0.25, -0.2) is 19.3 Å². The fourth-order valence-electron chi connectivity index (χ4n) is 2.88. The first-order valence-corrected chi connectivity index (χ1v) is 10.5. The molecule has 0 unspecified atom stereocenters. The van der Waals surface area contributed by atoms with Crippen molar-refractivity contribution in [2.24, 2.45) is 7.05 Å². The van der Waals surface area contributed by atoms with Gasteiger partial charge in [0, 0.05) is 30.1 Å². The van der Waals surface area contributed by atoms with Crippen LogP contribution in [0.2, 0.25) is 5.15 Å². The van der Waals surface area contributed by atoms with E-state index in [-0.39, 0.29) is 5.15 Å². The fourth-order valence-corrected chi connectivity index (χ4v) is 3.15. The molecular formula is C22H25ClN6O4. The van der Waals surface area contributed by atoms with E-state index < -0.39 is 23.9 Å². The van der Waals surface area contributed by atoms with Gasteiger partial charge >= 0.3 is 12.2 Å². The van der Waals surface area contributed by atoms with Crippen molar-refractivity contribution in [3.05, 3.63) is 53.3 Å². The summed E-state index contributed by atoms with van der Waals surface area (Å²) in [5.74, 6) is 0.345. The smallest absolute Gasteiger partial charge is 0.413 e. The Kier molecular flexibility index (Phi) is 7.17. The summed E-state index contributed by atoms with van der Waals surface area (Å²) in [6.07, 6.45) is -0.311. The van der Waals surface area contributed by atoms with Crippen LogP contribution in [0.25, 0.3) is 11.3 Å². The number of nitrogens with zero attached hydrogens (tertiary/aromatic N) is 4. The SMILES string of the molecule is C[C@@H](OC(=O)Nc1c(-c2ccc(NC(=O)OC(C)(C)C)cc2)nnn1C)c1cccnc1Cl. The van der Waals surface area contributed by atoms with Crippen LogP contribution >= 0.6 is 11.6 Å². The van der Waals surface area contributed by atoms with Gasteiger partial charge in [0.2, 0.25) is 0 Å². The third-order valence-electron chi connectivity index (χ3n) is 4.36.